The minimum atomic E-state index is -0.0878. The number of halogens is 2. The van der Waals surface area contributed by atoms with E-state index < -0.39 is 0 Å². The lowest BCUT2D eigenvalue weighted by atomic mass is 9.98. The Balaban J connectivity index is 2.01. The van der Waals surface area contributed by atoms with Gasteiger partial charge < -0.3 is 15.0 Å². The molecule has 0 spiro atoms. The molecule has 0 bridgehead atoms. The monoisotopic (exact) mass is 276 g/mol. The van der Waals surface area contributed by atoms with E-state index >= 15 is 0 Å². The van der Waals surface area contributed by atoms with Gasteiger partial charge in [-0.05, 0) is 24.8 Å². The van der Waals surface area contributed by atoms with Gasteiger partial charge in [-0.15, -0.1) is 0 Å². The molecule has 4 nitrogen and oxygen atoms in total. The Hall–Kier alpha value is -0.710. The van der Waals surface area contributed by atoms with Crippen LogP contribution in [0.4, 0.5) is 0 Å². The topological polar surface area (TPSA) is 56.3 Å². The van der Waals surface area contributed by atoms with Gasteiger partial charge in [0.25, 0.3) is 5.91 Å². The standard InChI is InChI=1S/C11H14Cl2N2O2/c12-8-5-9(14-10(8)13)11(17)15-3-1-7(6-16)2-4-15/h5,7,14,16H,1-4,6H2. The Labute approximate surface area is 110 Å². The Morgan fingerprint density at radius 2 is 2.12 bits per heavy atom. The SMILES string of the molecule is O=C(c1cc(Cl)c(Cl)[nH]1)N1CCC(CO)CC1. The van der Waals surface area contributed by atoms with Crippen molar-refractivity contribution in [3.8, 4) is 0 Å². The number of nitrogens with one attached hydrogen (secondary N) is 1. The number of amides is 1. The zero-order chi connectivity index (χ0) is 12.4. The van der Waals surface area contributed by atoms with E-state index in [9.17, 15) is 4.79 Å². The molecule has 1 amide bonds. The summed E-state index contributed by atoms with van der Waals surface area (Å²) >= 11 is 11.6. The molecule has 94 valence electrons. The normalized spacial score (nSPS) is 17.5. The van der Waals surface area contributed by atoms with Crippen LogP contribution in [0.25, 0.3) is 0 Å². The van der Waals surface area contributed by atoms with Gasteiger partial charge in [0.1, 0.15) is 10.8 Å². The Morgan fingerprint density at radius 3 is 2.59 bits per heavy atom. The van der Waals surface area contributed by atoms with Gasteiger partial charge in [0.2, 0.25) is 0 Å². The maximum Gasteiger partial charge on any atom is 0.270 e. The van der Waals surface area contributed by atoms with Crippen molar-refractivity contribution in [3.63, 3.8) is 0 Å². The second-order valence-corrected chi connectivity index (χ2v) is 5.05. The van der Waals surface area contributed by atoms with Gasteiger partial charge in [0, 0.05) is 19.7 Å². The molecule has 1 saturated heterocycles. The van der Waals surface area contributed by atoms with Crippen molar-refractivity contribution in [2.24, 2.45) is 5.92 Å². The van der Waals surface area contributed by atoms with Gasteiger partial charge in [0.15, 0.2) is 0 Å². The third-order valence-corrected chi connectivity index (χ3v) is 3.81. The molecule has 0 unspecified atom stereocenters. The first kappa shape index (κ1) is 12.7. The molecule has 1 aliphatic rings. The van der Waals surface area contributed by atoms with E-state index in [-0.39, 0.29) is 12.5 Å². The fourth-order valence-corrected chi connectivity index (χ4v) is 2.32. The van der Waals surface area contributed by atoms with Crippen LogP contribution >= 0.6 is 23.2 Å². The second-order valence-electron chi connectivity index (χ2n) is 4.26. The van der Waals surface area contributed by atoms with Crippen molar-refractivity contribution in [1.82, 2.24) is 9.88 Å². The van der Waals surface area contributed by atoms with Crippen LogP contribution < -0.4 is 0 Å². The highest BCUT2D eigenvalue weighted by molar-refractivity contribution is 6.41. The average molecular weight is 277 g/mol. The summed E-state index contributed by atoms with van der Waals surface area (Å²) < 4.78 is 0. The van der Waals surface area contributed by atoms with Crippen molar-refractivity contribution in [3.05, 3.63) is 21.9 Å². The van der Waals surface area contributed by atoms with E-state index in [0.29, 0.717) is 34.9 Å². The number of carbonyl (C=O) groups excluding carboxylic acids is 1. The lowest BCUT2D eigenvalue weighted by Crippen LogP contribution is -2.39. The minimum Gasteiger partial charge on any atom is -0.396 e. The van der Waals surface area contributed by atoms with E-state index in [1.807, 2.05) is 0 Å². The molecule has 6 heteroatoms. The summed E-state index contributed by atoms with van der Waals surface area (Å²) in [4.78, 5) is 16.6. The molecule has 0 aliphatic carbocycles. The molecular weight excluding hydrogens is 263 g/mol. The van der Waals surface area contributed by atoms with E-state index in [4.69, 9.17) is 28.3 Å². The highest BCUT2D eigenvalue weighted by atomic mass is 35.5. The number of hydrogen-bond acceptors (Lipinski definition) is 2. The molecule has 1 aliphatic heterocycles. The van der Waals surface area contributed by atoms with E-state index in [0.717, 1.165) is 12.8 Å². The molecule has 0 radical (unpaired) electrons. The maximum absolute atomic E-state index is 12.1. The van der Waals surface area contributed by atoms with Crippen molar-refractivity contribution >= 4 is 29.1 Å². The van der Waals surface area contributed by atoms with Gasteiger partial charge in [-0.2, -0.15) is 0 Å². The van der Waals surface area contributed by atoms with Crippen molar-refractivity contribution in [2.75, 3.05) is 19.7 Å². The number of rotatable bonds is 2. The number of aromatic nitrogens is 1. The first-order valence-electron chi connectivity index (χ1n) is 5.56. The molecule has 1 aromatic rings. The van der Waals surface area contributed by atoms with Crippen LogP contribution in [0.15, 0.2) is 6.07 Å². The molecule has 0 atom stereocenters. The van der Waals surface area contributed by atoms with Gasteiger partial charge in [-0.25, -0.2) is 0 Å². The third kappa shape index (κ3) is 2.76. The van der Waals surface area contributed by atoms with Crippen LogP contribution in [-0.2, 0) is 0 Å². The predicted octanol–water partition coefficient (Wildman–Crippen LogP) is 2.17. The zero-order valence-corrected chi connectivity index (χ0v) is 10.8. The Kier molecular flexibility index (Phi) is 3.97. The molecule has 0 aromatic carbocycles. The maximum atomic E-state index is 12.1. The van der Waals surface area contributed by atoms with Gasteiger partial charge in [0.05, 0.1) is 5.02 Å². The van der Waals surface area contributed by atoms with Crippen LogP contribution in [0.5, 0.6) is 0 Å². The molecule has 1 fully saturated rings. The van der Waals surface area contributed by atoms with Gasteiger partial charge in [-0.1, -0.05) is 23.2 Å². The summed E-state index contributed by atoms with van der Waals surface area (Å²) in [5.74, 6) is 0.227. The molecule has 2 heterocycles. The molecule has 0 saturated carbocycles. The summed E-state index contributed by atoms with van der Waals surface area (Å²) in [6.07, 6.45) is 1.68. The summed E-state index contributed by atoms with van der Waals surface area (Å²) in [7, 11) is 0. The largest absolute Gasteiger partial charge is 0.396 e. The van der Waals surface area contributed by atoms with Crippen LogP contribution in [0, 0.1) is 5.92 Å². The predicted molar refractivity (Wildman–Crippen MR) is 66.5 cm³/mol. The highest BCUT2D eigenvalue weighted by Crippen LogP contribution is 2.24. The van der Waals surface area contributed by atoms with Crippen molar-refractivity contribution in [1.29, 1.82) is 0 Å². The minimum absolute atomic E-state index is 0.0878. The second kappa shape index (κ2) is 5.29. The van der Waals surface area contributed by atoms with Crippen molar-refractivity contribution < 1.29 is 9.90 Å². The van der Waals surface area contributed by atoms with Crippen molar-refractivity contribution in [2.45, 2.75) is 12.8 Å². The lowest BCUT2D eigenvalue weighted by Gasteiger charge is -2.30. The number of hydrogen-bond donors (Lipinski definition) is 2. The summed E-state index contributed by atoms with van der Waals surface area (Å²) in [5.41, 5.74) is 0.419. The smallest absolute Gasteiger partial charge is 0.270 e. The van der Waals surface area contributed by atoms with E-state index in [1.54, 1.807) is 11.0 Å². The van der Waals surface area contributed by atoms with E-state index in [1.165, 1.54) is 0 Å². The van der Waals surface area contributed by atoms with Crippen LogP contribution in [0.2, 0.25) is 10.2 Å². The number of aliphatic hydroxyl groups is 1. The lowest BCUT2D eigenvalue weighted by molar-refractivity contribution is 0.0646. The number of aromatic amines is 1. The summed E-state index contributed by atoms with van der Waals surface area (Å²) in [6.45, 7) is 1.53. The number of aliphatic hydroxyl groups excluding tert-OH is 1. The van der Waals surface area contributed by atoms with Crippen LogP contribution in [0.3, 0.4) is 0 Å². The third-order valence-electron chi connectivity index (χ3n) is 3.12. The van der Waals surface area contributed by atoms with Gasteiger partial charge >= 0.3 is 0 Å². The fourth-order valence-electron chi connectivity index (χ4n) is 2.01. The Morgan fingerprint density at radius 1 is 1.47 bits per heavy atom. The van der Waals surface area contributed by atoms with Gasteiger partial charge in [-0.3, -0.25) is 4.79 Å². The summed E-state index contributed by atoms with van der Waals surface area (Å²) in [5, 5.41) is 9.68. The first-order valence-corrected chi connectivity index (χ1v) is 6.31. The van der Waals surface area contributed by atoms with Crippen LogP contribution in [-0.4, -0.2) is 40.6 Å². The highest BCUT2D eigenvalue weighted by Gasteiger charge is 2.24. The number of H-pyrrole nitrogens is 1. The molecular formula is C11H14Cl2N2O2. The molecule has 17 heavy (non-hydrogen) atoms. The number of likely N-dealkylation sites (tertiary alicyclic amines) is 1. The van der Waals surface area contributed by atoms with E-state index in [2.05, 4.69) is 4.98 Å². The quantitative estimate of drug-likeness (QED) is 0.870. The zero-order valence-electron chi connectivity index (χ0n) is 9.25. The molecule has 2 N–H and O–H groups in total. The number of piperidine rings is 1. The first-order chi connectivity index (χ1) is 8.11. The van der Waals surface area contributed by atoms with Crippen LogP contribution in [0.1, 0.15) is 23.3 Å². The average Bonchev–Trinajstić information content (AvgIpc) is 2.69. The molecule has 2 rings (SSSR count). The fraction of sp³-hybridized carbons (Fsp3) is 0.545. The number of nitrogens with zero attached hydrogens (tertiary/aromatic N) is 1. The molecule has 1 aromatic heterocycles. The Bertz CT molecular complexity index is 392. The number of carbonyl (C=O) groups is 1. The summed E-state index contributed by atoms with van der Waals surface area (Å²) in [6, 6.07) is 1.55.